The van der Waals surface area contributed by atoms with Crippen molar-refractivity contribution >= 4 is 11.8 Å². The summed E-state index contributed by atoms with van der Waals surface area (Å²) in [6, 6.07) is 0.757. The monoisotopic (exact) mass is 281 g/mol. The first-order valence-corrected chi connectivity index (χ1v) is 9.68. The molecule has 4 bridgehead atoms. The Morgan fingerprint density at radius 3 is 2.21 bits per heavy atom. The van der Waals surface area contributed by atoms with Crippen LogP contribution in [-0.2, 0) is 0 Å². The lowest BCUT2D eigenvalue weighted by Crippen LogP contribution is -2.55. The van der Waals surface area contributed by atoms with Gasteiger partial charge in [-0.2, -0.15) is 11.8 Å². The average molecular weight is 282 g/mol. The lowest BCUT2D eigenvalue weighted by atomic mass is 9.48. The van der Waals surface area contributed by atoms with Gasteiger partial charge in [0.2, 0.25) is 0 Å². The molecule has 0 aromatic rings. The second-order valence-electron chi connectivity index (χ2n) is 7.51. The molecule has 1 atom stereocenters. The summed E-state index contributed by atoms with van der Waals surface area (Å²) in [4.78, 5) is 0. The SMILES string of the molecule is CCSCCCNC(C)C12CC3CC(CC(C3)C1)C2. The molecule has 0 amide bonds. The summed E-state index contributed by atoms with van der Waals surface area (Å²) in [7, 11) is 0. The van der Waals surface area contributed by atoms with Gasteiger partial charge in [0.1, 0.15) is 0 Å². The zero-order valence-electron chi connectivity index (χ0n) is 12.8. The van der Waals surface area contributed by atoms with E-state index in [1.54, 1.807) is 19.3 Å². The molecule has 4 saturated carbocycles. The predicted octanol–water partition coefficient (Wildman–Crippen LogP) is 4.32. The summed E-state index contributed by atoms with van der Waals surface area (Å²) >= 11 is 2.08. The smallest absolute Gasteiger partial charge is 0.00954 e. The molecule has 4 rings (SSSR count). The third-order valence-electron chi connectivity index (χ3n) is 6.12. The Hall–Kier alpha value is 0.310. The Morgan fingerprint density at radius 2 is 1.68 bits per heavy atom. The van der Waals surface area contributed by atoms with E-state index in [4.69, 9.17) is 0 Å². The molecule has 0 aromatic heterocycles. The first kappa shape index (κ1) is 14.3. The molecule has 1 nitrogen and oxygen atoms in total. The van der Waals surface area contributed by atoms with Crippen molar-refractivity contribution in [3.63, 3.8) is 0 Å². The Bertz CT molecular complexity index is 266. The highest BCUT2D eigenvalue weighted by Gasteiger charge is 2.52. The summed E-state index contributed by atoms with van der Waals surface area (Å²) in [6.45, 7) is 5.98. The van der Waals surface area contributed by atoms with Gasteiger partial charge >= 0.3 is 0 Å². The van der Waals surface area contributed by atoms with Crippen LogP contribution in [0.2, 0.25) is 0 Å². The molecular weight excluding hydrogens is 250 g/mol. The number of nitrogens with one attached hydrogen (secondary N) is 1. The summed E-state index contributed by atoms with van der Waals surface area (Å²) in [6.07, 6.45) is 10.7. The predicted molar refractivity (Wildman–Crippen MR) is 85.7 cm³/mol. The molecule has 4 aliphatic carbocycles. The quantitative estimate of drug-likeness (QED) is 0.697. The van der Waals surface area contributed by atoms with Crippen molar-refractivity contribution in [1.82, 2.24) is 5.32 Å². The maximum absolute atomic E-state index is 3.89. The Labute approximate surface area is 123 Å². The topological polar surface area (TPSA) is 12.0 Å². The largest absolute Gasteiger partial charge is 0.314 e. The van der Waals surface area contributed by atoms with E-state index in [9.17, 15) is 0 Å². The van der Waals surface area contributed by atoms with Crippen molar-refractivity contribution < 1.29 is 0 Å². The third kappa shape index (κ3) is 3.00. The minimum atomic E-state index is 0.687. The van der Waals surface area contributed by atoms with Gasteiger partial charge in [-0.25, -0.2) is 0 Å². The Kier molecular flexibility index (Phi) is 4.48. The van der Waals surface area contributed by atoms with Crippen molar-refractivity contribution in [3.05, 3.63) is 0 Å². The first-order chi connectivity index (χ1) is 9.22. The van der Waals surface area contributed by atoms with E-state index >= 15 is 0 Å². The Balaban J connectivity index is 1.50. The molecule has 1 N–H and O–H groups in total. The van der Waals surface area contributed by atoms with Crippen molar-refractivity contribution in [1.29, 1.82) is 0 Å². The van der Waals surface area contributed by atoms with Gasteiger partial charge < -0.3 is 5.32 Å². The molecule has 0 saturated heterocycles. The highest BCUT2D eigenvalue weighted by atomic mass is 32.2. The van der Waals surface area contributed by atoms with Gasteiger partial charge in [-0.15, -0.1) is 0 Å². The molecule has 0 spiro atoms. The molecule has 0 heterocycles. The normalized spacial score (nSPS) is 41.7. The molecule has 110 valence electrons. The second-order valence-corrected chi connectivity index (χ2v) is 8.90. The van der Waals surface area contributed by atoms with Crippen molar-refractivity contribution in [3.8, 4) is 0 Å². The second kappa shape index (κ2) is 5.97. The van der Waals surface area contributed by atoms with Gasteiger partial charge in [-0.3, -0.25) is 0 Å². The highest BCUT2D eigenvalue weighted by molar-refractivity contribution is 7.99. The molecule has 4 aliphatic rings. The van der Waals surface area contributed by atoms with E-state index in [1.807, 2.05) is 0 Å². The zero-order chi connectivity index (χ0) is 13.3. The van der Waals surface area contributed by atoms with Gasteiger partial charge in [0, 0.05) is 6.04 Å². The Morgan fingerprint density at radius 1 is 1.11 bits per heavy atom. The summed E-state index contributed by atoms with van der Waals surface area (Å²) in [5.41, 5.74) is 0.687. The first-order valence-electron chi connectivity index (χ1n) is 8.53. The molecule has 4 fully saturated rings. The van der Waals surface area contributed by atoms with Crippen molar-refractivity contribution in [2.75, 3.05) is 18.1 Å². The average Bonchev–Trinajstić information content (AvgIpc) is 2.36. The molecule has 1 unspecified atom stereocenters. The molecule has 0 radical (unpaired) electrons. The number of hydrogen-bond acceptors (Lipinski definition) is 2. The van der Waals surface area contributed by atoms with Crippen LogP contribution in [0, 0.1) is 23.2 Å². The third-order valence-corrected chi connectivity index (χ3v) is 7.11. The molecule has 0 aromatic carbocycles. The standard InChI is InChI=1S/C17H31NS/c1-3-19-6-4-5-18-13(2)17-10-14-7-15(11-17)9-16(8-14)12-17/h13-16,18H,3-12H2,1-2H3. The van der Waals surface area contributed by atoms with E-state index in [0.29, 0.717) is 5.41 Å². The van der Waals surface area contributed by atoms with Crippen LogP contribution in [0.5, 0.6) is 0 Å². The lowest BCUT2D eigenvalue weighted by molar-refractivity contribution is -0.0702. The van der Waals surface area contributed by atoms with Crippen molar-refractivity contribution in [2.24, 2.45) is 23.2 Å². The molecular formula is C17H31NS. The van der Waals surface area contributed by atoms with Gasteiger partial charge in [0.25, 0.3) is 0 Å². The summed E-state index contributed by atoms with van der Waals surface area (Å²) in [5, 5.41) is 3.89. The molecule has 2 heteroatoms. The van der Waals surface area contributed by atoms with E-state index in [-0.39, 0.29) is 0 Å². The molecule has 19 heavy (non-hydrogen) atoms. The maximum atomic E-state index is 3.89. The van der Waals surface area contributed by atoms with Crippen LogP contribution in [0.15, 0.2) is 0 Å². The number of hydrogen-bond donors (Lipinski definition) is 1. The number of rotatable bonds is 7. The van der Waals surface area contributed by atoms with Crippen LogP contribution in [0.25, 0.3) is 0 Å². The van der Waals surface area contributed by atoms with Crippen LogP contribution in [-0.4, -0.2) is 24.1 Å². The minimum Gasteiger partial charge on any atom is -0.314 e. The van der Waals surface area contributed by atoms with Crippen LogP contribution < -0.4 is 5.32 Å². The van der Waals surface area contributed by atoms with Crippen LogP contribution in [0.4, 0.5) is 0 Å². The van der Waals surface area contributed by atoms with E-state index in [2.05, 4.69) is 30.9 Å². The van der Waals surface area contributed by atoms with E-state index < -0.39 is 0 Å². The highest BCUT2D eigenvalue weighted by Crippen LogP contribution is 2.61. The van der Waals surface area contributed by atoms with Gasteiger partial charge in [-0.05, 0) is 93.1 Å². The maximum Gasteiger partial charge on any atom is 0.00954 e. The summed E-state index contributed by atoms with van der Waals surface area (Å²) in [5.74, 6) is 5.87. The fourth-order valence-corrected chi connectivity index (χ4v) is 6.20. The van der Waals surface area contributed by atoms with Crippen LogP contribution in [0.1, 0.15) is 58.8 Å². The zero-order valence-corrected chi connectivity index (χ0v) is 13.6. The van der Waals surface area contributed by atoms with Gasteiger partial charge in [0.05, 0.1) is 0 Å². The summed E-state index contributed by atoms with van der Waals surface area (Å²) < 4.78 is 0. The van der Waals surface area contributed by atoms with Gasteiger partial charge in [-0.1, -0.05) is 6.92 Å². The fraction of sp³-hybridized carbons (Fsp3) is 1.00. The van der Waals surface area contributed by atoms with E-state index in [1.165, 1.54) is 43.7 Å². The van der Waals surface area contributed by atoms with Crippen LogP contribution >= 0.6 is 11.8 Å². The fourth-order valence-electron chi connectivity index (χ4n) is 5.56. The molecule has 0 aliphatic heterocycles. The van der Waals surface area contributed by atoms with E-state index in [0.717, 1.165) is 23.8 Å². The van der Waals surface area contributed by atoms with Gasteiger partial charge in [0.15, 0.2) is 0 Å². The number of thioether (sulfide) groups is 1. The van der Waals surface area contributed by atoms with Crippen LogP contribution in [0.3, 0.4) is 0 Å². The van der Waals surface area contributed by atoms with Crippen molar-refractivity contribution in [2.45, 2.75) is 64.8 Å². The minimum absolute atomic E-state index is 0.687. The lowest BCUT2D eigenvalue weighted by Gasteiger charge is -2.59.